The summed E-state index contributed by atoms with van der Waals surface area (Å²) in [7, 11) is 2.07. The molecule has 0 spiro atoms. The first-order valence-corrected chi connectivity index (χ1v) is 9.43. The molecule has 0 atom stereocenters. The molecule has 1 aliphatic rings. The Morgan fingerprint density at radius 1 is 1.17 bits per heavy atom. The van der Waals surface area contributed by atoms with Crippen LogP contribution in [0.5, 0.6) is 0 Å². The van der Waals surface area contributed by atoms with Crippen molar-refractivity contribution in [3.8, 4) is 0 Å². The quantitative estimate of drug-likeness (QED) is 0.389. The molecule has 0 aromatic heterocycles. The van der Waals surface area contributed by atoms with E-state index >= 15 is 0 Å². The summed E-state index contributed by atoms with van der Waals surface area (Å²) in [6.07, 6.45) is 9.40. The number of aliphatic imine (C=N–C) groups is 1. The summed E-state index contributed by atoms with van der Waals surface area (Å²) in [6.45, 7) is 7.41. The van der Waals surface area contributed by atoms with Gasteiger partial charge in [0, 0.05) is 33.1 Å². The normalized spacial score (nSPS) is 16.2. The molecule has 23 heavy (non-hydrogen) atoms. The van der Waals surface area contributed by atoms with Crippen LogP contribution in [0.25, 0.3) is 0 Å². The Kier molecular flexibility index (Phi) is 10.5. The lowest BCUT2D eigenvalue weighted by molar-refractivity contribution is -0.122. The molecule has 2 N–H and O–H groups in total. The van der Waals surface area contributed by atoms with Gasteiger partial charge in [-0.15, -0.1) is 0 Å². The van der Waals surface area contributed by atoms with Gasteiger partial charge in [0.1, 0.15) is 0 Å². The molecule has 0 bridgehead atoms. The first-order chi connectivity index (χ1) is 11.2. The molecular weight excluding hydrogens is 288 g/mol. The summed E-state index contributed by atoms with van der Waals surface area (Å²) >= 11 is 0. The van der Waals surface area contributed by atoms with E-state index in [-0.39, 0.29) is 5.91 Å². The largest absolute Gasteiger partial charge is 0.357 e. The predicted molar refractivity (Wildman–Crippen MR) is 97.7 cm³/mol. The van der Waals surface area contributed by atoms with Crippen molar-refractivity contribution in [2.24, 2.45) is 10.9 Å². The standard InChI is InChI=1S/C18H36N4O/c1-4-6-14-22(3)18(19-5-2)21-13-12-20-17(23)15-16-10-8-7-9-11-16/h16H,4-15H2,1-3H3,(H,19,21)(H,20,23). The Bertz CT molecular complexity index is 351. The maximum Gasteiger partial charge on any atom is 0.220 e. The zero-order valence-corrected chi connectivity index (χ0v) is 15.4. The summed E-state index contributed by atoms with van der Waals surface area (Å²) in [5.74, 6) is 1.73. The van der Waals surface area contributed by atoms with Crippen LogP contribution in [0.1, 0.15) is 65.2 Å². The molecule has 134 valence electrons. The smallest absolute Gasteiger partial charge is 0.220 e. The predicted octanol–water partition coefficient (Wildman–Crippen LogP) is 2.77. The third-order valence-corrected chi connectivity index (χ3v) is 4.44. The molecule has 0 aromatic rings. The molecule has 0 saturated heterocycles. The van der Waals surface area contributed by atoms with Gasteiger partial charge < -0.3 is 15.5 Å². The van der Waals surface area contributed by atoms with Crippen molar-refractivity contribution < 1.29 is 4.79 Å². The van der Waals surface area contributed by atoms with E-state index in [0.29, 0.717) is 25.4 Å². The van der Waals surface area contributed by atoms with E-state index in [1.54, 1.807) is 0 Å². The summed E-state index contributed by atoms with van der Waals surface area (Å²) in [5.41, 5.74) is 0. The van der Waals surface area contributed by atoms with Gasteiger partial charge in [0.05, 0.1) is 6.54 Å². The number of carbonyl (C=O) groups excluding carboxylic acids is 1. The van der Waals surface area contributed by atoms with Gasteiger partial charge in [0.25, 0.3) is 0 Å². The van der Waals surface area contributed by atoms with Crippen LogP contribution in [0.15, 0.2) is 4.99 Å². The molecule has 0 radical (unpaired) electrons. The van der Waals surface area contributed by atoms with Gasteiger partial charge in [-0.3, -0.25) is 9.79 Å². The van der Waals surface area contributed by atoms with Crippen molar-refractivity contribution in [1.82, 2.24) is 15.5 Å². The van der Waals surface area contributed by atoms with Crippen molar-refractivity contribution in [3.63, 3.8) is 0 Å². The highest BCUT2D eigenvalue weighted by Gasteiger charge is 2.16. The molecule has 0 aromatic carbocycles. The second kappa shape index (κ2) is 12.2. The number of unbranched alkanes of at least 4 members (excludes halogenated alkanes) is 1. The highest BCUT2D eigenvalue weighted by atomic mass is 16.1. The summed E-state index contributed by atoms with van der Waals surface area (Å²) in [5, 5.41) is 6.33. The summed E-state index contributed by atoms with van der Waals surface area (Å²) in [6, 6.07) is 0. The number of hydrogen-bond donors (Lipinski definition) is 2. The molecular formula is C18H36N4O. The molecule has 0 aliphatic heterocycles. The van der Waals surface area contributed by atoms with Gasteiger partial charge in [-0.1, -0.05) is 32.6 Å². The van der Waals surface area contributed by atoms with Crippen LogP contribution in [0.4, 0.5) is 0 Å². The molecule has 1 fully saturated rings. The Balaban J connectivity index is 2.26. The van der Waals surface area contributed by atoms with E-state index < -0.39 is 0 Å². The average molecular weight is 325 g/mol. The van der Waals surface area contributed by atoms with Crippen molar-refractivity contribution in [2.75, 3.05) is 33.2 Å². The average Bonchev–Trinajstić information content (AvgIpc) is 2.56. The van der Waals surface area contributed by atoms with E-state index in [9.17, 15) is 4.79 Å². The third kappa shape index (κ3) is 8.82. The Morgan fingerprint density at radius 3 is 2.57 bits per heavy atom. The zero-order valence-electron chi connectivity index (χ0n) is 15.4. The van der Waals surface area contributed by atoms with Crippen LogP contribution in [0.2, 0.25) is 0 Å². The fourth-order valence-corrected chi connectivity index (χ4v) is 3.05. The monoisotopic (exact) mass is 324 g/mol. The fourth-order valence-electron chi connectivity index (χ4n) is 3.05. The van der Waals surface area contributed by atoms with Gasteiger partial charge >= 0.3 is 0 Å². The maximum absolute atomic E-state index is 12.0. The van der Waals surface area contributed by atoms with Crippen molar-refractivity contribution >= 4 is 11.9 Å². The molecule has 1 rings (SSSR count). The van der Waals surface area contributed by atoms with Crippen LogP contribution in [0.3, 0.4) is 0 Å². The highest BCUT2D eigenvalue weighted by molar-refractivity contribution is 5.79. The molecule has 5 heteroatoms. The van der Waals surface area contributed by atoms with E-state index in [1.807, 2.05) is 0 Å². The maximum atomic E-state index is 12.0. The second-order valence-corrected chi connectivity index (χ2v) is 6.57. The minimum absolute atomic E-state index is 0.191. The molecule has 0 heterocycles. The van der Waals surface area contributed by atoms with Crippen molar-refractivity contribution in [2.45, 2.75) is 65.2 Å². The third-order valence-electron chi connectivity index (χ3n) is 4.44. The lowest BCUT2D eigenvalue weighted by Crippen LogP contribution is -2.40. The van der Waals surface area contributed by atoms with E-state index in [2.05, 4.69) is 41.4 Å². The Labute approximate surface area is 142 Å². The van der Waals surface area contributed by atoms with Gasteiger partial charge in [-0.2, -0.15) is 0 Å². The van der Waals surface area contributed by atoms with Gasteiger partial charge in [0.2, 0.25) is 5.91 Å². The SMILES string of the molecule is CCCCN(C)C(=NCCNC(=O)CC1CCCCC1)NCC. The Hall–Kier alpha value is -1.26. The fraction of sp³-hybridized carbons (Fsp3) is 0.889. The van der Waals surface area contributed by atoms with Crippen molar-refractivity contribution in [1.29, 1.82) is 0 Å². The lowest BCUT2D eigenvalue weighted by atomic mass is 9.87. The van der Waals surface area contributed by atoms with E-state index in [4.69, 9.17) is 0 Å². The van der Waals surface area contributed by atoms with Gasteiger partial charge in [-0.05, 0) is 32.1 Å². The lowest BCUT2D eigenvalue weighted by Gasteiger charge is -2.22. The summed E-state index contributed by atoms with van der Waals surface area (Å²) in [4.78, 5) is 18.7. The molecule has 5 nitrogen and oxygen atoms in total. The minimum Gasteiger partial charge on any atom is -0.357 e. The number of nitrogens with zero attached hydrogens (tertiary/aromatic N) is 2. The van der Waals surface area contributed by atoms with Crippen LogP contribution < -0.4 is 10.6 Å². The van der Waals surface area contributed by atoms with Crippen LogP contribution in [-0.4, -0.2) is 50.0 Å². The first kappa shape index (κ1) is 19.8. The van der Waals surface area contributed by atoms with Crippen LogP contribution in [-0.2, 0) is 4.79 Å². The van der Waals surface area contributed by atoms with Gasteiger partial charge in [0.15, 0.2) is 5.96 Å². The number of carbonyl (C=O) groups is 1. The number of hydrogen-bond acceptors (Lipinski definition) is 2. The molecule has 1 saturated carbocycles. The molecule has 1 amide bonds. The number of guanidine groups is 1. The number of amides is 1. The Morgan fingerprint density at radius 2 is 1.91 bits per heavy atom. The summed E-state index contributed by atoms with van der Waals surface area (Å²) < 4.78 is 0. The van der Waals surface area contributed by atoms with Crippen molar-refractivity contribution in [3.05, 3.63) is 0 Å². The van der Waals surface area contributed by atoms with Gasteiger partial charge in [-0.25, -0.2) is 0 Å². The van der Waals surface area contributed by atoms with E-state index in [1.165, 1.54) is 44.9 Å². The number of nitrogens with one attached hydrogen (secondary N) is 2. The highest BCUT2D eigenvalue weighted by Crippen LogP contribution is 2.25. The van der Waals surface area contributed by atoms with Crippen LogP contribution >= 0.6 is 0 Å². The second-order valence-electron chi connectivity index (χ2n) is 6.57. The van der Waals surface area contributed by atoms with Crippen LogP contribution in [0, 0.1) is 5.92 Å². The molecule has 0 unspecified atom stereocenters. The first-order valence-electron chi connectivity index (χ1n) is 9.43. The minimum atomic E-state index is 0.191. The number of rotatable bonds is 9. The topological polar surface area (TPSA) is 56.7 Å². The molecule has 1 aliphatic carbocycles. The van der Waals surface area contributed by atoms with E-state index in [0.717, 1.165) is 19.0 Å². The zero-order chi connectivity index (χ0) is 16.9.